The van der Waals surface area contributed by atoms with Crippen LogP contribution < -0.4 is 16.0 Å². The lowest BCUT2D eigenvalue weighted by Gasteiger charge is -2.06. The summed E-state index contributed by atoms with van der Waals surface area (Å²) in [5.74, 6) is 11.7. The van der Waals surface area contributed by atoms with Crippen LogP contribution in [0.15, 0.2) is 24.3 Å². The Morgan fingerprint density at radius 1 is 1.40 bits per heavy atom. The summed E-state index contributed by atoms with van der Waals surface area (Å²) in [6.07, 6.45) is 0.613. The Bertz CT molecular complexity index is 535. The zero-order chi connectivity index (χ0) is 14.8. The first kappa shape index (κ1) is 16.1. The Morgan fingerprint density at radius 2 is 2.15 bits per heavy atom. The third-order valence-electron chi connectivity index (χ3n) is 2.16. The summed E-state index contributed by atoms with van der Waals surface area (Å²) < 4.78 is 5.33. The maximum atomic E-state index is 11.0. The second-order valence-corrected chi connectivity index (χ2v) is 5.02. The van der Waals surface area contributed by atoms with Crippen LogP contribution in [0.4, 0.5) is 0 Å². The van der Waals surface area contributed by atoms with Crippen LogP contribution in [0, 0.1) is 11.8 Å². The van der Waals surface area contributed by atoms with E-state index in [1.165, 1.54) is 18.7 Å². The number of rotatable bonds is 5. The number of hydrazine groups is 1. The number of amides is 1. The summed E-state index contributed by atoms with van der Waals surface area (Å²) in [6, 6.07) is 7.18. The molecule has 0 heterocycles. The van der Waals surface area contributed by atoms with E-state index >= 15 is 0 Å². The highest BCUT2D eigenvalue weighted by Gasteiger charge is 2.03. The van der Waals surface area contributed by atoms with Gasteiger partial charge in [-0.25, -0.2) is 5.84 Å². The highest BCUT2D eigenvalue weighted by molar-refractivity contribution is 8.13. The number of carbonyl (C=O) groups excluding carboxylic acids is 2. The predicted octanol–water partition coefficient (Wildman–Crippen LogP) is 1.08. The van der Waals surface area contributed by atoms with E-state index in [0.29, 0.717) is 23.5 Å². The number of nitrogens with one attached hydrogen (secondary N) is 1. The van der Waals surface area contributed by atoms with Crippen LogP contribution in [0.3, 0.4) is 0 Å². The van der Waals surface area contributed by atoms with Crippen molar-refractivity contribution in [2.75, 3.05) is 12.4 Å². The monoisotopic (exact) mass is 292 g/mol. The number of para-hydroxylation sites is 1. The molecule has 0 aromatic heterocycles. The van der Waals surface area contributed by atoms with Gasteiger partial charge < -0.3 is 4.74 Å². The van der Waals surface area contributed by atoms with Gasteiger partial charge in [0.1, 0.15) is 5.75 Å². The molecule has 1 aromatic rings. The van der Waals surface area contributed by atoms with Crippen molar-refractivity contribution in [3.63, 3.8) is 0 Å². The first-order valence-electron chi connectivity index (χ1n) is 5.97. The van der Waals surface area contributed by atoms with Crippen molar-refractivity contribution in [2.45, 2.75) is 13.3 Å². The molecule has 0 atom stereocenters. The van der Waals surface area contributed by atoms with Crippen molar-refractivity contribution in [3.05, 3.63) is 29.8 Å². The molecule has 1 rings (SSSR count). The first-order valence-corrected chi connectivity index (χ1v) is 6.95. The molecular weight excluding hydrogens is 276 g/mol. The lowest BCUT2D eigenvalue weighted by molar-refractivity contribution is -0.123. The number of carbonyl (C=O) groups is 2. The largest absolute Gasteiger partial charge is 0.482 e. The van der Waals surface area contributed by atoms with Gasteiger partial charge in [0.25, 0.3) is 5.91 Å². The lowest BCUT2D eigenvalue weighted by atomic mass is 10.2. The fourth-order valence-corrected chi connectivity index (χ4v) is 1.78. The molecule has 6 heteroatoms. The molecule has 0 aliphatic heterocycles. The molecule has 106 valence electrons. The van der Waals surface area contributed by atoms with Crippen molar-refractivity contribution in [1.29, 1.82) is 0 Å². The van der Waals surface area contributed by atoms with Crippen LogP contribution in [-0.2, 0) is 9.59 Å². The zero-order valence-corrected chi connectivity index (χ0v) is 12.0. The van der Waals surface area contributed by atoms with Gasteiger partial charge in [-0.05, 0) is 12.1 Å². The standard InChI is InChI=1S/C14H16N2O3S/c1-11(17)20-9-5-4-7-12-6-2-3-8-13(12)19-10-14(18)16-15/h2-3,6,8H,5,9-10,15H2,1H3,(H,16,18). The fraction of sp³-hybridized carbons (Fsp3) is 0.286. The molecule has 0 aliphatic rings. The molecule has 0 bridgehead atoms. The van der Waals surface area contributed by atoms with E-state index < -0.39 is 5.91 Å². The van der Waals surface area contributed by atoms with Crippen molar-refractivity contribution >= 4 is 22.8 Å². The van der Waals surface area contributed by atoms with Gasteiger partial charge >= 0.3 is 0 Å². The molecule has 5 nitrogen and oxygen atoms in total. The summed E-state index contributed by atoms with van der Waals surface area (Å²) in [5.41, 5.74) is 2.69. The van der Waals surface area contributed by atoms with Crippen LogP contribution >= 0.6 is 11.8 Å². The quantitative estimate of drug-likeness (QED) is 0.279. The third kappa shape index (κ3) is 6.27. The Labute approximate surface area is 122 Å². The lowest BCUT2D eigenvalue weighted by Crippen LogP contribution is -2.34. The van der Waals surface area contributed by atoms with Crippen LogP contribution in [-0.4, -0.2) is 23.4 Å². The molecule has 0 unspecified atom stereocenters. The van der Waals surface area contributed by atoms with Gasteiger partial charge in [-0.3, -0.25) is 15.0 Å². The first-order chi connectivity index (χ1) is 9.63. The van der Waals surface area contributed by atoms with Crippen molar-refractivity contribution in [1.82, 2.24) is 5.43 Å². The van der Waals surface area contributed by atoms with Gasteiger partial charge in [-0.15, -0.1) is 0 Å². The number of ether oxygens (including phenoxy) is 1. The van der Waals surface area contributed by atoms with E-state index in [1.54, 1.807) is 18.2 Å². The molecule has 20 heavy (non-hydrogen) atoms. The Balaban J connectivity index is 2.59. The van der Waals surface area contributed by atoms with Gasteiger partial charge in [0.2, 0.25) is 0 Å². The second kappa shape index (κ2) is 9.02. The normalized spacial score (nSPS) is 9.30. The molecule has 0 spiro atoms. The van der Waals surface area contributed by atoms with Gasteiger partial charge in [0.05, 0.1) is 5.56 Å². The minimum absolute atomic E-state index is 0.0864. The highest BCUT2D eigenvalue weighted by Crippen LogP contribution is 2.16. The molecule has 0 radical (unpaired) electrons. The maximum absolute atomic E-state index is 11.0. The van der Waals surface area contributed by atoms with Crippen molar-refractivity contribution < 1.29 is 14.3 Å². The summed E-state index contributed by atoms with van der Waals surface area (Å²) in [4.78, 5) is 21.8. The topological polar surface area (TPSA) is 81.4 Å². The Kier molecular flexibility index (Phi) is 7.25. The molecular formula is C14H16N2O3S. The van der Waals surface area contributed by atoms with E-state index in [9.17, 15) is 9.59 Å². The smallest absolute Gasteiger partial charge is 0.271 e. The van der Waals surface area contributed by atoms with Crippen molar-refractivity contribution in [3.8, 4) is 17.6 Å². The predicted molar refractivity (Wildman–Crippen MR) is 78.9 cm³/mol. The molecule has 0 saturated carbocycles. The van der Waals surface area contributed by atoms with E-state index in [2.05, 4.69) is 11.8 Å². The summed E-state index contributed by atoms with van der Waals surface area (Å²) in [7, 11) is 0. The van der Waals surface area contributed by atoms with Gasteiger partial charge in [-0.2, -0.15) is 0 Å². The van der Waals surface area contributed by atoms with E-state index in [-0.39, 0.29) is 11.7 Å². The van der Waals surface area contributed by atoms with Gasteiger partial charge in [-0.1, -0.05) is 35.7 Å². The number of nitrogens with two attached hydrogens (primary N) is 1. The summed E-state index contributed by atoms with van der Waals surface area (Å²) in [6.45, 7) is 1.37. The Hall–Kier alpha value is -1.97. The fourth-order valence-electron chi connectivity index (χ4n) is 1.28. The highest BCUT2D eigenvalue weighted by atomic mass is 32.2. The van der Waals surface area contributed by atoms with E-state index in [4.69, 9.17) is 10.6 Å². The zero-order valence-electron chi connectivity index (χ0n) is 11.1. The van der Waals surface area contributed by atoms with Crippen LogP contribution in [0.1, 0.15) is 18.9 Å². The summed E-state index contributed by atoms with van der Waals surface area (Å²) in [5, 5.41) is 0.0864. The third-order valence-corrected chi connectivity index (χ3v) is 2.98. The van der Waals surface area contributed by atoms with E-state index in [1.807, 2.05) is 11.5 Å². The van der Waals surface area contributed by atoms with Crippen molar-refractivity contribution in [2.24, 2.45) is 5.84 Å². The molecule has 0 fully saturated rings. The molecule has 1 aromatic carbocycles. The molecule has 1 amide bonds. The minimum Gasteiger partial charge on any atom is -0.482 e. The van der Waals surface area contributed by atoms with Gasteiger partial charge in [0.15, 0.2) is 11.7 Å². The summed E-state index contributed by atoms with van der Waals surface area (Å²) >= 11 is 1.25. The second-order valence-electron chi connectivity index (χ2n) is 3.74. The van der Waals surface area contributed by atoms with Crippen LogP contribution in [0.5, 0.6) is 5.75 Å². The molecule has 3 N–H and O–H groups in total. The number of hydrogen-bond acceptors (Lipinski definition) is 5. The average molecular weight is 292 g/mol. The van der Waals surface area contributed by atoms with E-state index in [0.717, 1.165) is 0 Å². The molecule has 0 aliphatic carbocycles. The number of thioether (sulfide) groups is 1. The average Bonchev–Trinajstić information content (AvgIpc) is 2.45. The maximum Gasteiger partial charge on any atom is 0.271 e. The van der Waals surface area contributed by atoms with Gasteiger partial charge in [0, 0.05) is 19.1 Å². The SMILES string of the molecule is CC(=O)SCCC#Cc1ccccc1OCC(=O)NN. The number of hydrogen-bond donors (Lipinski definition) is 2. The van der Waals surface area contributed by atoms with Crippen LogP contribution in [0.25, 0.3) is 0 Å². The molecule has 0 saturated heterocycles. The minimum atomic E-state index is -0.411. The Morgan fingerprint density at radius 3 is 2.85 bits per heavy atom. The van der Waals surface area contributed by atoms with Crippen LogP contribution in [0.2, 0.25) is 0 Å². The number of benzene rings is 1.